The number of benzene rings is 9. The Bertz CT molecular complexity index is 4160. The van der Waals surface area contributed by atoms with E-state index in [2.05, 4.69) is 109 Å². The van der Waals surface area contributed by atoms with Gasteiger partial charge in [0.05, 0.1) is 46.8 Å². The predicted molar refractivity (Wildman–Crippen MR) is 273 cm³/mol. The molecule has 0 aliphatic heterocycles. The SMILES string of the molecule is [2H]c1c([2H])c([2H])c(N(c2ccc(C(C)C)cc2)c2ccc3c4cccc5c6cc7c(cc6n(c3c2)c45)c2cccc3c4ccc(N(c5ccc(C(C)C)cc5)c5c([2H])c([2H])c([2H])c([2H])c5[2H])cc4n7c32)c([2H])c1[2H]. The monoisotopic (exact) mass is 832 g/mol. The molecule has 0 saturated carbocycles. The summed E-state index contributed by atoms with van der Waals surface area (Å²) in [4.78, 5) is 3.56. The zero-order valence-corrected chi connectivity index (χ0v) is 35.6. The van der Waals surface area contributed by atoms with E-state index in [0.717, 1.165) is 87.3 Å². The second kappa shape index (κ2) is 13.8. The van der Waals surface area contributed by atoms with Gasteiger partial charge in [-0.05, 0) is 108 Å². The third kappa shape index (κ3) is 5.29. The van der Waals surface area contributed by atoms with Crippen LogP contribution in [0.3, 0.4) is 0 Å². The minimum Gasteiger partial charge on any atom is -0.310 e. The van der Waals surface area contributed by atoms with E-state index >= 15 is 0 Å². The van der Waals surface area contributed by atoms with Gasteiger partial charge in [0.2, 0.25) is 0 Å². The average molecular weight is 833 g/mol. The number of aromatic nitrogens is 2. The lowest BCUT2D eigenvalue weighted by molar-refractivity contribution is 0.866. The van der Waals surface area contributed by atoms with Crippen molar-refractivity contribution in [2.24, 2.45) is 0 Å². The summed E-state index contributed by atoms with van der Waals surface area (Å²) in [6, 6.07) is 41.7. The molecule has 0 bridgehead atoms. The molecule has 64 heavy (non-hydrogen) atoms. The van der Waals surface area contributed by atoms with E-state index in [0.29, 0.717) is 22.7 Å². The van der Waals surface area contributed by atoms with Crippen molar-refractivity contribution >= 4 is 110 Å². The van der Waals surface area contributed by atoms with Gasteiger partial charge >= 0.3 is 0 Å². The molecule has 0 N–H and O–H groups in total. The molecule has 0 amide bonds. The second-order valence-corrected chi connectivity index (χ2v) is 17.5. The second-order valence-electron chi connectivity index (χ2n) is 17.5. The fourth-order valence-corrected chi connectivity index (χ4v) is 10.2. The van der Waals surface area contributed by atoms with Crippen LogP contribution in [0.2, 0.25) is 0 Å². The smallest absolute Gasteiger partial charge is 0.0645 e. The van der Waals surface area contributed by atoms with Crippen LogP contribution in [-0.4, -0.2) is 8.80 Å². The number of hydrogen-bond acceptors (Lipinski definition) is 2. The Morgan fingerprint density at radius 3 is 1.06 bits per heavy atom. The molecule has 4 heterocycles. The Kier molecular flexibility index (Phi) is 6.05. The molecule has 306 valence electrons. The van der Waals surface area contributed by atoms with Crippen molar-refractivity contribution in [2.75, 3.05) is 9.80 Å². The Morgan fingerprint density at radius 2 is 0.688 bits per heavy atom. The molecule has 13 rings (SSSR count). The number of rotatable bonds is 8. The van der Waals surface area contributed by atoms with Crippen LogP contribution >= 0.6 is 0 Å². The fourth-order valence-electron chi connectivity index (χ4n) is 10.2. The molecule has 0 unspecified atom stereocenters. The molecule has 0 saturated heterocycles. The van der Waals surface area contributed by atoms with Crippen LogP contribution in [0.15, 0.2) is 194 Å². The number of nitrogens with zero attached hydrogens (tertiary/aromatic N) is 4. The normalized spacial score (nSPS) is 14.5. The number of anilines is 6. The highest BCUT2D eigenvalue weighted by Gasteiger charge is 2.24. The Balaban J connectivity index is 1.07. The van der Waals surface area contributed by atoms with E-state index < -0.39 is 36.3 Å². The zero-order chi connectivity index (χ0) is 51.5. The van der Waals surface area contributed by atoms with Crippen LogP contribution in [0.1, 0.15) is 64.4 Å². The quantitative estimate of drug-likeness (QED) is 0.152. The molecule has 0 fully saturated rings. The number of para-hydroxylation sites is 4. The molecule has 0 aliphatic rings. The standard InChI is InChI=1S/C60H46N4/c1-37(2)39-21-25-43(26-22-39)61(41-13-7-5-8-14-41)45-29-31-47-49-17-11-19-51-53-36-58-54(35-57(53)63(59(49)51)55(47)33-45)52-20-12-18-50-48-32-30-46(34-56(48)64(58)60(50)52)62(42-15-9-6-10-16-42)44-27-23-40(24-28-44)38(3)4/h5-38H,1-4H3/i5D,6D,7D,8D,9D,10D,13D,14D,15D,16D. The van der Waals surface area contributed by atoms with Gasteiger partial charge in [0.15, 0.2) is 0 Å². The lowest BCUT2D eigenvalue weighted by Crippen LogP contribution is -2.10. The topological polar surface area (TPSA) is 15.3 Å². The summed E-state index contributed by atoms with van der Waals surface area (Å²) in [6.45, 7) is 8.47. The van der Waals surface area contributed by atoms with Gasteiger partial charge in [-0.1, -0.05) is 137 Å². The highest BCUT2D eigenvalue weighted by atomic mass is 15.1. The summed E-state index contributed by atoms with van der Waals surface area (Å²) in [5.74, 6) is 0.534. The first kappa shape index (κ1) is 28.0. The van der Waals surface area contributed by atoms with Gasteiger partial charge in [0, 0.05) is 77.2 Å². The van der Waals surface area contributed by atoms with Crippen molar-refractivity contribution in [3.05, 3.63) is 205 Å². The molecule has 4 nitrogen and oxygen atoms in total. The van der Waals surface area contributed by atoms with Gasteiger partial charge in [-0.25, -0.2) is 0 Å². The maximum absolute atomic E-state index is 9.13. The fraction of sp³-hybridized carbons (Fsp3) is 0.100. The van der Waals surface area contributed by atoms with Crippen molar-refractivity contribution < 1.29 is 13.7 Å². The van der Waals surface area contributed by atoms with Crippen LogP contribution in [0.25, 0.3) is 76.2 Å². The number of hydrogen-bond donors (Lipinski definition) is 0. The molecule has 0 aliphatic carbocycles. The van der Waals surface area contributed by atoms with E-state index in [-0.39, 0.29) is 47.4 Å². The van der Waals surface area contributed by atoms with Crippen LogP contribution in [0.4, 0.5) is 34.1 Å². The molecule has 13 aromatic rings. The molecule has 4 heteroatoms. The highest BCUT2D eigenvalue weighted by molar-refractivity contribution is 6.29. The molecular weight excluding hydrogens is 777 g/mol. The van der Waals surface area contributed by atoms with E-state index in [9.17, 15) is 0 Å². The van der Waals surface area contributed by atoms with Crippen molar-refractivity contribution in [3.8, 4) is 0 Å². The third-order valence-electron chi connectivity index (χ3n) is 13.3. The van der Waals surface area contributed by atoms with Crippen molar-refractivity contribution in [1.82, 2.24) is 8.80 Å². The molecule has 4 aromatic heterocycles. The Labute approximate surface area is 386 Å². The molecule has 0 radical (unpaired) electrons. The maximum Gasteiger partial charge on any atom is 0.0645 e. The molecular formula is C60H46N4. The van der Waals surface area contributed by atoms with Gasteiger partial charge in [-0.2, -0.15) is 0 Å². The highest BCUT2D eigenvalue weighted by Crippen LogP contribution is 2.47. The predicted octanol–water partition coefficient (Wildman–Crippen LogP) is 17.2. The van der Waals surface area contributed by atoms with E-state index in [1.807, 2.05) is 60.7 Å². The summed E-state index contributed by atoms with van der Waals surface area (Å²) >= 11 is 0. The van der Waals surface area contributed by atoms with Gasteiger partial charge < -0.3 is 18.6 Å². The Morgan fingerprint density at radius 1 is 0.344 bits per heavy atom. The first-order valence-electron chi connectivity index (χ1n) is 26.8. The van der Waals surface area contributed by atoms with E-state index in [1.165, 1.54) is 0 Å². The molecule has 9 aromatic carbocycles. The van der Waals surface area contributed by atoms with Crippen LogP contribution < -0.4 is 9.80 Å². The number of fused-ring (bicyclic) bond motifs is 12. The van der Waals surface area contributed by atoms with E-state index in [1.54, 1.807) is 9.80 Å². The summed E-state index contributed by atoms with van der Waals surface area (Å²) in [7, 11) is 0. The lowest BCUT2D eigenvalue weighted by atomic mass is 10.0. The van der Waals surface area contributed by atoms with Gasteiger partial charge in [0.1, 0.15) is 0 Å². The largest absolute Gasteiger partial charge is 0.310 e. The minimum atomic E-state index is -0.449. The third-order valence-corrected chi connectivity index (χ3v) is 13.3. The van der Waals surface area contributed by atoms with Crippen LogP contribution in [0, 0.1) is 0 Å². The summed E-state index contributed by atoms with van der Waals surface area (Å²) in [5, 5.41) is 8.34. The zero-order valence-electron chi connectivity index (χ0n) is 45.6. The van der Waals surface area contributed by atoms with Gasteiger partial charge in [-0.3, -0.25) is 0 Å². The van der Waals surface area contributed by atoms with Crippen molar-refractivity contribution in [1.29, 1.82) is 0 Å². The van der Waals surface area contributed by atoms with Crippen LogP contribution in [0.5, 0.6) is 0 Å². The van der Waals surface area contributed by atoms with Crippen molar-refractivity contribution in [3.63, 3.8) is 0 Å². The van der Waals surface area contributed by atoms with Gasteiger partial charge in [0.25, 0.3) is 0 Å². The maximum atomic E-state index is 9.13. The lowest BCUT2D eigenvalue weighted by Gasteiger charge is -2.26. The van der Waals surface area contributed by atoms with Crippen LogP contribution in [-0.2, 0) is 0 Å². The first-order chi connectivity index (χ1) is 35.5. The molecule has 0 spiro atoms. The van der Waals surface area contributed by atoms with E-state index in [4.69, 9.17) is 13.7 Å². The Hall–Kier alpha value is -7.82. The average Bonchev–Trinajstić information content (AvgIpc) is 4.15. The minimum absolute atomic E-state index is 0.0648. The summed E-state index contributed by atoms with van der Waals surface area (Å²) in [6.07, 6.45) is 0. The van der Waals surface area contributed by atoms with Gasteiger partial charge in [-0.15, -0.1) is 0 Å². The van der Waals surface area contributed by atoms with Crippen molar-refractivity contribution in [2.45, 2.75) is 39.5 Å². The summed E-state index contributed by atoms with van der Waals surface area (Å²) in [5.41, 5.74) is 10.8. The first-order valence-corrected chi connectivity index (χ1v) is 21.8. The summed E-state index contributed by atoms with van der Waals surface area (Å²) < 4.78 is 92.6. The molecule has 0 atom stereocenters.